The Morgan fingerprint density at radius 2 is 2.17 bits per heavy atom. The van der Waals surface area contributed by atoms with Crippen molar-refractivity contribution >= 4 is 0 Å². The summed E-state index contributed by atoms with van der Waals surface area (Å²) < 4.78 is 18.6. The summed E-state index contributed by atoms with van der Waals surface area (Å²) in [6, 6.07) is 5.58. The Bertz CT molecular complexity index is 391. The fraction of sp³-hybridized carbons (Fsp3) is 0.571. The van der Waals surface area contributed by atoms with Gasteiger partial charge in [-0.15, -0.1) is 0 Å². The molecule has 100 valence electrons. The number of hydrogen-bond acceptors (Lipinski definition) is 3. The van der Waals surface area contributed by atoms with Crippen LogP contribution in [0.25, 0.3) is 0 Å². The summed E-state index contributed by atoms with van der Waals surface area (Å²) in [6.45, 7) is 0.474. The van der Waals surface area contributed by atoms with Crippen molar-refractivity contribution in [3.8, 4) is 5.75 Å². The Kier molecular flexibility index (Phi) is 4.55. The molecule has 0 heterocycles. The minimum absolute atomic E-state index is 0.0218. The van der Waals surface area contributed by atoms with Gasteiger partial charge in [-0.2, -0.15) is 0 Å². The summed E-state index contributed by atoms with van der Waals surface area (Å²) in [5, 5.41) is 3.51. The van der Waals surface area contributed by atoms with E-state index in [0.29, 0.717) is 12.6 Å². The van der Waals surface area contributed by atoms with E-state index in [-0.39, 0.29) is 17.6 Å². The van der Waals surface area contributed by atoms with Crippen molar-refractivity contribution in [1.29, 1.82) is 0 Å². The van der Waals surface area contributed by atoms with Crippen molar-refractivity contribution in [3.63, 3.8) is 0 Å². The van der Waals surface area contributed by atoms with Crippen LogP contribution in [0.4, 0.5) is 4.39 Å². The van der Waals surface area contributed by atoms with Crippen LogP contribution < -0.4 is 15.8 Å². The maximum Gasteiger partial charge on any atom is 0.165 e. The van der Waals surface area contributed by atoms with Crippen LogP contribution in [-0.2, 0) is 0 Å². The lowest BCUT2D eigenvalue weighted by atomic mass is 10.0. The number of rotatable bonds is 5. The minimum Gasteiger partial charge on any atom is -0.494 e. The van der Waals surface area contributed by atoms with Gasteiger partial charge < -0.3 is 15.8 Å². The van der Waals surface area contributed by atoms with E-state index in [1.54, 1.807) is 6.07 Å². The molecule has 1 saturated carbocycles. The Labute approximate surface area is 108 Å². The molecule has 2 rings (SSSR count). The van der Waals surface area contributed by atoms with Crippen LogP contribution in [0, 0.1) is 5.82 Å². The summed E-state index contributed by atoms with van der Waals surface area (Å²) in [5.74, 6) is -0.0583. The van der Waals surface area contributed by atoms with E-state index in [0.717, 1.165) is 5.56 Å². The highest BCUT2D eigenvalue weighted by molar-refractivity contribution is 5.31. The zero-order valence-corrected chi connectivity index (χ0v) is 10.8. The molecule has 1 aromatic rings. The van der Waals surface area contributed by atoms with Gasteiger partial charge in [-0.3, -0.25) is 0 Å². The summed E-state index contributed by atoms with van der Waals surface area (Å²) in [5.41, 5.74) is 6.68. The van der Waals surface area contributed by atoms with E-state index in [1.807, 2.05) is 6.07 Å². The predicted octanol–water partition coefficient (Wildman–Crippen LogP) is 2.37. The van der Waals surface area contributed by atoms with Gasteiger partial charge in [0.2, 0.25) is 0 Å². The van der Waals surface area contributed by atoms with E-state index in [4.69, 9.17) is 10.5 Å². The second-order valence-electron chi connectivity index (χ2n) is 4.83. The smallest absolute Gasteiger partial charge is 0.165 e. The van der Waals surface area contributed by atoms with E-state index in [9.17, 15) is 4.39 Å². The maximum absolute atomic E-state index is 13.7. The Morgan fingerprint density at radius 1 is 1.44 bits per heavy atom. The van der Waals surface area contributed by atoms with Crippen molar-refractivity contribution in [2.45, 2.75) is 37.8 Å². The molecule has 18 heavy (non-hydrogen) atoms. The van der Waals surface area contributed by atoms with Crippen LogP contribution in [-0.4, -0.2) is 19.7 Å². The molecule has 0 saturated heterocycles. The van der Waals surface area contributed by atoms with E-state index >= 15 is 0 Å². The van der Waals surface area contributed by atoms with Crippen molar-refractivity contribution < 1.29 is 9.13 Å². The van der Waals surface area contributed by atoms with Crippen LogP contribution in [0.5, 0.6) is 5.75 Å². The van der Waals surface area contributed by atoms with Gasteiger partial charge in [0.05, 0.1) is 7.11 Å². The van der Waals surface area contributed by atoms with Crippen molar-refractivity contribution in [1.82, 2.24) is 5.32 Å². The van der Waals surface area contributed by atoms with Gasteiger partial charge in [-0.1, -0.05) is 18.9 Å². The van der Waals surface area contributed by atoms with Crippen LogP contribution in [0.2, 0.25) is 0 Å². The molecule has 3 nitrogen and oxygen atoms in total. The van der Waals surface area contributed by atoms with Gasteiger partial charge in [0.15, 0.2) is 11.6 Å². The predicted molar refractivity (Wildman–Crippen MR) is 70.1 cm³/mol. The summed E-state index contributed by atoms with van der Waals surface area (Å²) >= 11 is 0. The first-order chi connectivity index (χ1) is 8.74. The second kappa shape index (κ2) is 6.16. The third-order valence-electron chi connectivity index (χ3n) is 3.61. The second-order valence-corrected chi connectivity index (χ2v) is 4.83. The van der Waals surface area contributed by atoms with Crippen LogP contribution in [0.3, 0.4) is 0 Å². The van der Waals surface area contributed by atoms with E-state index in [2.05, 4.69) is 5.32 Å². The normalized spacial score (nSPS) is 17.9. The highest BCUT2D eigenvalue weighted by Gasteiger charge is 2.20. The standard InChI is InChI=1S/C14H21FN2O/c1-18-14-7-6-10(8-12(14)15)13(9-16)17-11-4-2-3-5-11/h6-8,11,13,17H,2-5,9,16H2,1H3. The number of methoxy groups -OCH3 is 1. The van der Waals surface area contributed by atoms with Crippen molar-refractivity contribution in [2.75, 3.05) is 13.7 Å². The fourth-order valence-corrected chi connectivity index (χ4v) is 2.58. The zero-order chi connectivity index (χ0) is 13.0. The average Bonchev–Trinajstić information content (AvgIpc) is 2.88. The van der Waals surface area contributed by atoms with Crippen molar-refractivity contribution in [2.24, 2.45) is 5.73 Å². The summed E-state index contributed by atoms with van der Waals surface area (Å²) in [4.78, 5) is 0. The molecule has 1 aromatic carbocycles. The third-order valence-corrected chi connectivity index (χ3v) is 3.61. The lowest BCUT2D eigenvalue weighted by molar-refractivity contribution is 0.384. The first-order valence-electron chi connectivity index (χ1n) is 6.54. The molecule has 0 bridgehead atoms. The number of nitrogens with one attached hydrogen (secondary N) is 1. The quantitative estimate of drug-likeness (QED) is 0.845. The van der Waals surface area contributed by atoms with Crippen LogP contribution in [0.15, 0.2) is 18.2 Å². The number of benzene rings is 1. The molecule has 1 aliphatic carbocycles. The monoisotopic (exact) mass is 252 g/mol. The number of hydrogen-bond donors (Lipinski definition) is 2. The SMILES string of the molecule is COc1ccc(C(CN)NC2CCCC2)cc1F. The molecule has 0 amide bonds. The Balaban J connectivity index is 2.08. The van der Waals surface area contributed by atoms with Gasteiger partial charge in [-0.05, 0) is 30.5 Å². The Hall–Kier alpha value is -1.13. The number of nitrogens with two attached hydrogens (primary N) is 1. The first-order valence-corrected chi connectivity index (χ1v) is 6.54. The molecule has 0 aromatic heterocycles. The fourth-order valence-electron chi connectivity index (χ4n) is 2.58. The number of halogens is 1. The van der Waals surface area contributed by atoms with Gasteiger partial charge in [0.25, 0.3) is 0 Å². The molecule has 1 aliphatic rings. The topological polar surface area (TPSA) is 47.3 Å². The van der Waals surface area contributed by atoms with Gasteiger partial charge in [0, 0.05) is 18.6 Å². The lowest BCUT2D eigenvalue weighted by Gasteiger charge is -2.22. The van der Waals surface area contributed by atoms with Gasteiger partial charge in [-0.25, -0.2) is 4.39 Å². The first kappa shape index (κ1) is 13.3. The molecule has 1 fully saturated rings. The lowest BCUT2D eigenvalue weighted by Crippen LogP contribution is -2.35. The molecule has 1 unspecified atom stereocenters. The zero-order valence-electron chi connectivity index (χ0n) is 10.8. The molecule has 0 spiro atoms. The molecule has 1 atom stereocenters. The van der Waals surface area contributed by atoms with Crippen molar-refractivity contribution in [3.05, 3.63) is 29.6 Å². The highest BCUT2D eigenvalue weighted by Crippen LogP contribution is 2.24. The summed E-state index contributed by atoms with van der Waals surface area (Å²) in [6.07, 6.45) is 4.92. The third kappa shape index (κ3) is 3.00. The van der Waals surface area contributed by atoms with Gasteiger partial charge >= 0.3 is 0 Å². The Morgan fingerprint density at radius 3 is 2.72 bits per heavy atom. The number of ether oxygens (including phenoxy) is 1. The van der Waals surface area contributed by atoms with Crippen LogP contribution >= 0.6 is 0 Å². The van der Waals surface area contributed by atoms with E-state index < -0.39 is 0 Å². The average molecular weight is 252 g/mol. The van der Waals surface area contributed by atoms with E-state index in [1.165, 1.54) is 38.9 Å². The molecule has 4 heteroatoms. The summed E-state index contributed by atoms with van der Waals surface area (Å²) in [7, 11) is 1.47. The van der Waals surface area contributed by atoms with Crippen LogP contribution in [0.1, 0.15) is 37.3 Å². The minimum atomic E-state index is -0.332. The molecule has 0 aliphatic heterocycles. The van der Waals surface area contributed by atoms with Gasteiger partial charge in [0.1, 0.15) is 0 Å². The molecular formula is C14H21FN2O. The molecule has 3 N–H and O–H groups in total. The maximum atomic E-state index is 13.7. The largest absolute Gasteiger partial charge is 0.494 e. The molecular weight excluding hydrogens is 231 g/mol. The molecule has 0 radical (unpaired) electrons. The highest BCUT2D eigenvalue weighted by atomic mass is 19.1.